The number of nitrogens with zero attached hydrogens (tertiary/aromatic N) is 1. The molecular weight excluding hydrogens is 298 g/mol. The van der Waals surface area contributed by atoms with E-state index in [9.17, 15) is 9.59 Å². The monoisotopic (exact) mass is 313 g/mol. The van der Waals surface area contributed by atoms with Crippen LogP contribution < -0.4 is 9.47 Å². The summed E-state index contributed by atoms with van der Waals surface area (Å²) in [6.07, 6.45) is 0.147. The van der Waals surface area contributed by atoms with E-state index in [-0.39, 0.29) is 31.6 Å². The van der Waals surface area contributed by atoms with Crippen molar-refractivity contribution in [3.05, 3.63) is 22.7 Å². The lowest BCUT2D eigenvalue weighted by molar-refractivity contribution is -0.143. The molecule has 1 heterocycles. The average Bonchev–Trinajstić information content (AvgIpc) is 2.93. The third kappa shape index (κ3) is 3.58. The molecule has 0 aliphatic carbocycles. The Hall–Kier alpha value is -1.95. The fourth-order valence-electron chi connectivity index (χ4n) is 1.90. The van der Waals surface area contributed by atoms with E-state index in [1.165, 1.54) is 11.0 Å². The molecule has 1 aromatic rings. The van der Waals surface area contributed by atoms with Crippen LogP contribution in [0.25, 0.3) is 0 Å². The molecule has 114 valence electrons. The van der Waals surface area contributed by atoms with Crippen LogP contribution in [0.4, 0.5) is 0 Å². The van der Waals surface area contributed by atoms with E-state index >= 15 is 0 Å². The molecule has 0 saturated carbocycles. The van der Waals surface area contributed by atoms with Gasteiger partial charge >= 0.3 is 5.97 Å². The van der Waals surface area contributed by atoms with Crippen molar-refractivity contribution in [2.75, 3.05) is 27.0 Å². The van der Waals surface area contributed by atoms with Crippen LogP contribution in [0.1, 0.15) is 23.7 Å². The van der Waals surface area contributed by atoms with Crippen molar-refractivity contribution in [2.24, 2.45) is 0 Å². The number of esters is 1. The lowest BCUT2D eigenvalue weighted by atomic mass is 10.1. The SMILES string of the molecule is CCOC(=O)CCN(C)C(=O)c1cc(Cl)c2c(c1)OCO2. The van der Waals surface area contributed by atoms with Crippen LogP contribution in [0.2, 0.25) is 5.02 Å². The van der Waals surface area contributed by atoms with Gasteiger partial charge in [0.05, 0.1) is 18.1 Å². The molecule has 0 atom stereocenters. The van der Waals surface area contributed by atoms with Gasteiger partial charge < -0.3 is 19.1 Å². The molecule has 1 aromatic carbocycles. The van der Waals surface area contributed by atoms with Gasteiger partial charge in [-0.25, -0.2) is 0 Å². The summed E-state index contributed by atoms with van der Waals surface area (Å²) < 4.78 is 15.2. The van der Waals surface area contributed by atoms with E-state index < -0.39 is 0 Å². The number of fused-ring (bicyclic) bond motifs is 1. The molecule has 0 spiro atoms. The zero-order valence-corrected chi connectivity index (χ0v) is 12.6. The first kappa shape index (κ1) is 15.4. The summed E-state index contributed by atoms with van der Waals surface area (Å²) in [5.41, 5.74) is 0.385. The zero-order chi connectivity index (χ0) is 15.4. The highest BCUT2D eigenvalue weighted by molar-refractivity contribution is 6.32. The molecule has 1 aliphatic rings. The Kier molecular flexibility index (Phi) is 4.90. The second-order valence-corrected chi connectivity index (χ2v) is 4.88. The third-order valence-electron chi connectivity index (χ3n) is 2.98. The number of benzene rings is 1. The van der Waals surface area contributed by atoms with E-state index in [1.807, 2.05) is 0 Å². The quantitative estimate of drug-likeness (QED) is 0.779. The van der Waals surface area contributed by atoms with Crippen molar-refractivity contribution in [1.29, 1.82) is 0 Å². The maximum atomic E-state index is 12.3. The highest BCUT2D eigenvalue weighted by atomic mass is 35.5. The summed E-state index contributed by atoms with van der Waals surface area (Å²) in [5, 5.41) is 0.326. The second-order valence-electron chi connectivity index (χ2n) is 4.47. The van der Waals surface area contributed by atoms with E-state index in [4.69, 9.17) is 25.8 Å². The fraction of sp³-hybridized carbons (Fsp3) is 0.429. The molecule has 21 heavy (non-hydrogen) atoms. The summed E-state index contributed by atoms with van der Waals surface area (Å²) in [4.78, 5) is 25.0. The fourth-order valence-corrected chi connectivity index (χ4v) is 2.17. The summed E-state index contributed by atoms with van der Waals surface area (Å²) >= 11 is 6.04. The highest BCUT2D eigenvalue weighted by Gasteiger charge is 2.22. The maximum Gasteiger partial charge on any atom is 0.307 e. The van der Waals surface area contributed by atoms with Crippen molar-refractivity contribution in [2.45, 2.75) is 13.3 Å². The van der Waals surface area contributed by atoms with Gasteiger partial charge in [-0.2, -0.15) is 0 Å². The largest absolute Gasteiger partial charge is 0.466 e. The minimum atomic E-state index is -0.333. The van der Waals surface area contributed by atoms with Crippen LogP contribution in [-0.4, -0.2) is 43.8 Å². The number of ether oxygens (including phenoxy) is 3. The Bertz CT molecular complexity index is 561. The number of hydrogen-bond acceptors (Lipinski definition) is 5. The van der Waals surface area contributed by atoms with Gasteiger partial charge in [0, 0.05) is 19.2 Å². The molecule has 0 radical (unpaired) electrons. The smallest absolute Gasteiger partial charge is 0.307 e. The number of rotatable bonds is 5. The summed E-state index contributed by atoms with van der Waals surface area (Å²) in [7, 11) is 1.61. The first-order valence-corrected chi connectivity index (χ1v) is 6.91. The normalized spacial score (nSPS) is 12.1. The van der Waals surface area contributed by atoms with Gasteiger partial charge in [-0.3, -0.25) is 9.59 Å². The first-order valence-electron chi connectivity index (χ1n) is 6.53. The van der Waals surface area contributed by atoms with Gasteiger partial charge in [-0.05, 0) is 19.1 Å². The topological polar surface area (TPSA) is 65.1 Å². The minimum Gasteiger partial charge on any atom is -0.466 e. The molecule has 1 aliphatic heterocycles. The predicted molar refractivity (Wildman–Crippen MR) is 75.8 cm³/mol. The Labute approximate surface area is 127 Å². The first-order chi connectivity index (χ1) is 10.0. The standard InChI is InChI=1S/C14H16ClNO5/c1-3-19-12(17)4-5-16(2)14(18)9-6-10(15)13-11(7-9)20-8-21-13/h6-7H,3-5,8H2,1-2H3. The third-order valence-corrected chi connectivity index (χ3v) is 3.26. The maximum absolute atomic E-state index is 12.3. The summed E-state index contributed by atoms with van der Waals surface area (Å²) in [5.74, 6) is 0.312. The van der Waals surface area contributed by atoms with Crippen molar-refractivity contribution in [3.63, 3.8) is 0 Å². The van der Waals surface area contributed by atoms with Crippen LogP contribution in [0, 0.1) is 0 Å². The van der Waals surface area contributed by atoms with Gasteiger partial charge in [0.25, 0.3) is 5.91 Å². The number of carbonyl (C=O) groups excluding carboxylic acids is 2. The van der Waals surface area contributed by atoms with E-state index in [0.717, 1.165) is 0 Å². The molecule has 0 saturated heterocycles. The van der Waals surface area contributed by atoms with Crippen molar-refractivity contribution >= 4 is 23.5 Å². The van der Waals surface area contributed by atoms with E-state index in [2.05, 4.69) is 0 Å². The Morgan fingerprint density at radius 1 is 1.38 bits per heavy atom. The molecule has 2 rings (SSSR count). The Morgan fingerprint density at radius 2 is 2.14 bits per heavy atom. The Morgan fingerprint density at radius 3 is 2.86 bits per heavy atom. The molecule has 1 amide bonds. The number of halogens is 1. The molecule has 6 nitrogen and oxygen atoms in total. The van der Waals surface area contributed by atoms with Gasteiger partial charge in [0.1, 0.15) is 0 Å². The molecule has 0 N–H and O–H groups in total. The molecule has 0 aromatic heterocycles. The summed E-state index contributed by atoms with van der Waals surface area (Å²) in [6, 6.07) is 3.11. The van der Waals surface area contributed by atoms with Gasteiger partial charge in [-0.1, -0.05) is 11.6 Å². The zero-order valence-electron chi connectivity index (χ0n) is 11.8. The van der Waals surface area contributed by atoms with Gasteiger partial charge in [-0.15, -0.1) is 0 Å². The van der Waals surface area contributed by atoms with Crippen LogP contribution in [-0.2, 0) is 9.53 Å². The van der Waals surface area contributed by atoms with Crippen LogP contribution in [0.3, 0.4) is 0 Å². The average molecular weight is 314 g/mol. The van der Waals surface area contributed by atoms with Crippen molar-refractivity contribution in [3.8, 4) is 11.5 Å². The number of amides is 1. The molecule has 0 unspecified atom stereocenters. The van der Waals surface area contributed by atoms with E-state index in [1.54, 1.807) is 20.0 Å². The van der Waals surface area contributed by atoms with Crippen LogP contribution in [0.15, 0.2) is 12.1 Å². The number of hydrogen-bond donors (Lipinski definition) is 0. The Balaban J connectivity index is 2.03. The van der Waals surface area contributed by atoms with E-state index in [0.29, 0.717) is 28.7 Å². The molecule has 0 fully saturated rings. The van der Waals surface area contributed by atoms with Gasteiger partial charge in [0.15, 0.2) is 11.5 Å². The molecule has 0 bridgehead atoms. The highest BCUT2D eigenvalue weighted by Crippen LogP contribution is 2.39. The van der Waals surface area contributed by atoms with Crippen molar-refractivity contribution in [1.82, 2.24) is 4.90 Å². The lowest BCUT2D eigenvalue weighted by Crippen LogP contribution is -2.29. The lowest BCUT2D eigenvalue weighted by Gasteiger charge is -2.17. The van der Waals surface area contributed by atoms with Gasteiger partial charge in [0.2, 0.25) is 6.79 Å². The predicted octanol–water partition coefficient (Wildman–Crippen LogP) is 2.09. The second kappa shape index (κ2) is 6.67. The minimum absolute atomic E-state index is 0.0887. The number of carbonyl (C=O) groups is 2. The van der Waals surface area contributed by atoms with Crippen LogP contribution in [0.5, 0.6) is 11.5 Å². The molecule has 7 heteroatoms. The summed E-state index contributed by atoms with van der Waals surface area (Å²) in [6.45, 7) is 2.42. The van der Waals surface area contributed by atoms with Crippen LogP contribution >= 0.6 is 11.6 Å². The molecular formula is C14H16ClNO5. The van der Waals surface area contributed by atoms with Crippen molar-refractivity contribution < 1.29 is 23.8 Å².